The Morgan fingerprint density at radius 2 is 1.77 bits per heavy atom. The van der Waals surface area contributed by atoms with Gasteiger partial charge in [-0.15, -0.1) is 0 Å². The topological polar surface area (TPSA) is 62.2 Å². The number of benzene rings is 2. The van der Waals surface area contributed by atoms with E-state index in [-0.39, 0.29) is 12.0 Å². The molecule has 2 aromatic rings. The van der Waals surface area contributed by atoms with Crippen LogP contribution < -0.4 is 9.47 Å². The zero-order chi connectivity index (χ0) is 21.8. The van der Waals surface area contributed by atoms with Gasteiger partial charge >= 0.3 is 0 Å². The average Bonchev–Trinajstić information content (AvgIpc) is 3.27. The summed E-state index contributed by atoms with van der Waals surface area (Å²) in [7, 11) is 0. The molecule has 1 N–H and O–H groups in total. The van der Waals surface area contributed by atoms with Crippen LogP contribution in [0.4, 0.5) is 0 Å². The van der Waals surface area contributed by atoms with Crippen molar-refractivity contribution >= 4 is 5.91 Å². The molecule has 0 aliphatic carbocycles. The maximum atomic E-state index is 11.6. The van der Waals surface area contributed by atoms with Crippen molar-refractivity contribution in [3.8, 4) is 11.5 Å². The molecule has 0 radical (unpaired) electrons. The number of carbonyl (C=O) groups excluding carboxylic acids is 1. The van der Waals surface area contributed by atoms with E-state index in [2.05, 4.69) is 36.9 Å². The van der Waals surface area contributed by atoms with E-state index in [1.807, 2.05) is 29.2 Å². The molecule has 2 aliphatic heterocycles. The number of hydrogen-bond donors (Lipinski definition) is 1. The first-order valence-electron chi connectivity index (χ1n) is 11.1. The predicted molar refractivity (Wildman–Crippen MR) is 119 cm³/mol. The number of hydrogen-bond acceptors (Lipinski definition) is 5. The van der Waals surface area contributed by atoms with E-state index in [4.69, 9.17) is 9.47 Å². The Balaban J connectivity index is 1.25. The van der Waals surface area contributed by atoms with Crippen molar-refractivity contribution in [1.29, 1.82) is 0 Å². The van der Waals surface area contributed by atoms with Crippen LogP contribution >= 0.6 is 0 Å². The van der Waals surface area contributed by atoms with Gasteiger partial charge in [-0.1, -0.05) is 18.2 Å². The van der Waals surface area contributed by atoms with Gasteiger partial charge in [0, 0.05) is 32.6 Å². The van der Waals surface area contributed by atoms with Crippen LogP contribution in [0.1, 0.15) is 29.5 Å². The second-order valence-corrected chi connectivity index (χ2v) is 8.72. The summed E-state index contributed by atoms with van der Waals surface area (Å²) in [5.74, 6) is 1.86. The first kappa shape index (κ1) is 21.7. The van der Waals surface area contributed by atoms with E-state index in [1.165, 1.54) is 5.56 Å². The van der Waals surface area contributed by atoms with Crippen LogP contribution in [0.3, 0.4) is 0 Å². The number of aliphatic hydroxyl groups is 1. The van der Waals surface area contributed by atoms with E-state index in [0.29, 0.717) is 32.7 Å². The normalized spacial score (nSPS) is 21.6. The standard InChI is InChI=1S/C25H32N2O4/c1-18-12-19(2)14-22(13-18)31-24-17-26(16-23(24)28)15-20-5-7-21(8-6-20)30-11-10-27-9-3-4-25(27)29/h5-8,12-14,23-24,28H,3-4,9-11,15-17H2,1-2H3/t23-,24-/m0/s1. The average molecular weight is 425 g/mol. The largest absolute Gasteiger partial charge is 0.492 e. The Labute approximate surface area is 184 Å². The first-order valence-corrected chi connectivity index (χ1v) is 11.1. The number of amides is 1. The van der Waals surface area contributed by atoms with Gasteiger partial charge in [0.25, 0.3) is 0 Å². The van der Waals surface area contributed by atoms with Crippen molar-refractivity contribution in [2.45, 2.75) is 45.4 Å². The Morgan fingerprint density at radius 1 is 1.03 bits per heavy atom. The van der Waals surface area contributed by atoms with E-state index in [0.717, 1.165) is 42.1 Å². The smallest absolute Gasteiger partial charge is 0.222 e. The van der Waals surface area contributed by atoms with E-state index in [9.17, 15) is 9.90 Å². The molecule has 6 heteroatoms. The minimum Gasteiger partial charge on any atom is -0.492 e. The number of ether oxygens (including phenoxy) is 2. The zero-order valence-corrected chi connectivity index (χ0v) is 18.4. The third-order valence-electron chi connectivity index (χ3n) is 5.93. The highest BCUT2D eigenvalue weighted by Crippen LogP contribution is 2.23. The van der Waals surface area contributed by atoms with Gasteiger partial charge in [0.15, 0.2) is 0 Å². The number of likely N-dealkylation sites (tertiary alicyclic amines) is 2. The SMILES string of the molecule is Cc1cc(C)cc(O[C@H]2CN(Cc3ccc(OCCN4CCCC4=O)cc3)C[C@@H]2O)c1. The van der Waals surface area contributed by atoms with Crippen LogP contribution in [0.15, 0.2) is 42.5 Å². The second kappa shape index (κ2) is 9.71. The fourth-order valence-corrected chi connectivity index (χ4v) is 4.42. The summed E-state index contributed by atoms with van der Waals surface area (Å²) < 4.78 is 11.9. The zero-order valence-electron chi connectivity index (χ0n) is 18.4. The maximum Gasteiger partial charge on any atom is 0.222 e. The van der Waals surface area contributed by atoms with Gasteiger partial charge < -0.3 is 19.5 Å². The van der Waals surface area contributed by atoms with Crippen molar-refractivity contribution in [2.75, 3.05) is 32.8 Å². The number of aliphatic hydroxyl groups excluding tert-OH is 1. The van der Waals surface area contributed by atoms with Crippen molar-refractivity contribution in [1.82, 2.24) is 9.80 Å². The molecule has 166 valence electrons. The lowest BCUT2D eigenvalue weighted by molar-refractivity contribution is -0.128. The van der Waals surface area contributed by atoms with Gasteiger partial charge in [0.1, 0.15) is 30.3 Å². The van der Waals surface area contributed by atoms with Gasteiger partial charge in [0.2, 0.25) is 5.91 Å². The molecule has 6 nitrogen and oxygen atoms in total. The molecule has 0 spiro atoms. The number of nitrogens with zero attached hydrogens (tertiary/aromatic N) is 2. The predicted octanol–water partition coefficient (Wildman–Crippen LogP) is 2.93. The van der Waals surface area contributed by atoms with E-state index in [1.54, 1.807) is 0 Å². The fraction of sp³-hybridized carbons (Fsp3) is 0.480. The minimum atomic E-state index is -0.503. The Kier molecular flexibility index (Phi) is 6.78. The Bertz CT molecular complexity index is 879. The molecular weight excluding hydrogens is 392 g/mol. The third-order valence-corrected chi connectivity index (χ3v) is 5.93. The molecule has 2 aromatic carbocycles. The summed E-state index contributed by atoms with van der Waals surface area (Å²) in [6, 6.07) is 14.2. The van der Waals surface area contributed by atoms with Gasteiger partial charge in [-0.05, 0) is 61.2 Å². The highest BCUT2D eigenvalue weighted by atomic mass is 16.5. The molecule has 31 heavy (non-hydrogen) atoms. The van der Waals surface area contributed by atoms with Gasteiger partial charge in [-0.25, -0.2) is 0 Å². The van der Waals surface area contributed by atoms with Gasteiger partial charge in [-0.3, -0.25) is 9.69 Å². The summed E-state index contributed by atoms with van der Waals surface area (Å²) in [4.78, 5) is 15.7. The van der Waals surface area contributed by atoms with Crippen molar-refractivity contribution in [3.63, 3.8) is 0 Å². The highest BCUT2D eigenvalue weighted by molar-refractivity contribution is 5.78. The summed E-state index contributed by atoms with van der Waals surface area (Å²) in [5, 5.41) is 10.5. The number of β-amino-alcohol motifs (C(OH)–C–C–N with tert-alkyl or cyclic N) is 1. The molecule has 0 aromatic heterocycles. The molecule has 2 fully saturated rings. The maximum absolute atomic E-state index is 11.6. The van der Waals surface area contributed by atoms with Crippen LogP contribution in [0.25, 0.3) is 0 Å². The van der Waals surface area contributed by atoms with Gasteiger partial charge in [-0.2, -0.15) is 0 Å². The van der Waals surface area contributed by atoms with Gasteiger partial charge in [0.05, 0.1) is 6.54 Å². The van der Waals surface area contributed by atoms with Crippen LogP contribution in [0.5, 0.6) is 11.5 Å². The fourth-order valence-electron chi connectivity index (χ4n) is 4.42. The molecule has 0 saturated carbocycles. The molecule has 2 saturated heterocycles. The molecular formula is C25H32N2O4. The van der Waals surface area contributed by atoms with Crippen LogP contribution in [-0.4, -0.2) is 65.8 Å². The lowest BCUT2D eigenvalue weighted by Crippen LogP contribution is -2.30. The molecule has 2 aliphatic rings. The lowest BCUT2D eigenvalue weighted by atomic mass is 10.1. The van der Waals surface area contributed by atoms with E-state index < -0.39 is 6.10 Å². The van der Waals surface area contributed by atoms with Crippen LogP contribution in [0, 0.1) is 13.8 Å². The third kappa shape index (κ3) is 5.77. The molecule has 0 bridgehead atoms. The summed E-state index contributed by atoms with van der Waals surface area (Å²) in [6.45, 7) is 8.15. The first-order chi connectivity index (χ1) is 15.0. The van der Waals surface area contributed by atoms with Crippen LogP contribution in [0.2, 0.25) is 0 Å². The summed E-state index contributed by atoms with van der Waals surface area (Å²) in [6.07, 6.45) is 0.889. The van der Waals surface area contributed by atoms with Crippen molar-refractivity contribution in [2.24, 2.45) is 0 Å². The summed E-state index contributed by atoms with van der Waals surface area (Å²) >= 11 is 0. The lowest BCUT2D eigenvalue weighted by Gasteiger charge is -2.18. The molecule has 2 atom stereocenters. The number of aryl methyl sites for hydroxylation is 2. The second-order valence-electron chi connectivity index (χ2n) is 8.72. The highest BCUT2D eigenvalue weighted by Gasteiger charge is 2.33. The minimum absolute atomic E-state index is 0.225. The molecule has 2 heterocycles. The molecule has 1 amide bonds. The quantitative estimate of drug-likeness (QED) is 0.706. The van der Waals surface area contributed by atoms with Crippen molar-refractivity contribution < 1.29 is 19.4 Å². The number of rotatable bonds is 8. The van der Waals surface area contributed by atoms with Crippen LogP contribution in [-0.2, 0) is 11.3 Å². The number of carbonyl (C=O) groups is 1. The van der Waals surface area contributed by atoms with Crippen molar-refractivity contribution in [3.05, 3.63) is 59.2 Å². The summed E-state index contributed by atoms with van der Waals surface area (Å²) in [5.41, 5.74) is 3.49. The molecule has 0 unspecified atom stereocenters. The Morgan fingerprint density at radius 3 is 2.45 bits per heavy atom. The monoisotopic (exact) mass is 424 g/mol. The van der Waals surface area contributed by atoms with E-state index >= 15 is 0 Å². The molecule has 4 rings (SSSR count). The Hall–Kier alpha value is -2.57.